The lowest BCUT2D eigenvalue weighted by Gasteiger charge is -2.31. The molecule has 0 bridgehead atoms. The summed E-state index contributed by atoms with van der Waals surface area (Å²) in [6, 6.07) is 5.99. The molecular weight excluding hydrogens is 355 g/mol. The Morgan fingerprint density at radius 2 is 1.56 bits per heavy atom. The Hall–Kier alpha value is -1.51. The van der Waals surface area contributed by atoms with Crippen molar-refractivity contribution in [1.82, 2.24) is 0 Å². The van der Waals surface area contributed by atoms with E-state index in [4.69, 9.17) is 4.74 Å². The zero-order chi connectivity index (χ0) is 19.5. The van der Waals surface area contributed by atoms with E-state index >= 15 is 0 Å². The van der Waals surface area contributed by atoms with Crippen molar-refractivity contribution in [3.8, 4) is 0 Å². The molecule has 1 rings (SSSR count). The molecule has 0 heterocycles. The Morgan fingerprint density at radius 3 is 2.00 bits per heavy atom. The molecule has 9 heteroatoms. The van der Waals surface area contributed by atoms with Crippen LogP contribution in [0, 0.1) is 0 Å². The third-order valence-corrected chi connectivity index (χ3v) is 3.91. The maximum Gasteiger partial charge on any atom is 0.459 e. The zero-order valence-corrected chi connectivity index (χ0v) is 14.0. The van der Waals surface area contributed by atoms with Crippen molar-refractivity contribution in [3.63, 3.8) is 0 Å². The molecule has 25 heavy (non-hydrogen) atoms. The van der Waals surface area contributed by atoms with E-state index in [1.807, 2.05) is 18.7 Å². The first-order valence-corrected chi connectivity index (χ1v) is 7.61. The van der Waals surface area contributed by atoms with Crippen molar-refractivity contribution in [2.45, 2.75) is 44.4 Å². The average Bonchev–Trinajstić information content (AvgIpc) is 2.53. The number of methoxy groups -OCH3 is 1. The van der Waals surface area contributed by atoms with E-state index in [2.05, 4.69) is 0 Å². The Morgan fingerprint density at radius 1 is 1.00 bits per heavy atom. The van der Waals surface area contributed by atoms with Crippen LogP contribution in [0.15, 0.2) is 24.3 Å². The van der Waals surface area contributed by atoms with E-state index in [0.29, 0.717) is 18.8 Å². The van der Waals surface area contributed by atoms with Gasteiger partial charge in [0.05, 0.1) is 6.10 Å². The predicted molar refractivity (Wildman–Crippen MR) is 80.3 cm³/mol. The molecule has 0 aliphatic heterocycles. The van der Waals surface area contributed by atoms with Gasteiger partial charge in [-0.3, -0.25) is 0 Å². The summed E-state index contributed by atoms with van der Waals surface area (Å²) < 4.78 is 95.1. The molecule has 2 nitrogen and oxygen atoms in total. The summed E-state index contributed by atoms with van der Waals surface area (Å²) >= 11 is 0. The number of rotatable bonds is 8. The van der Waals surface area contributed by atoms with Gasteiger partial charge in [-0.1, -0.05) is 12.1 Å². The second-order valence-corrected chi connectivity index (χ2v) is 5.47. The fourth-order valence-corrected chi connectivity index (χ4v) is 2.42. The maximum absolute atomic E-state index is 13.7. The fourth-order valence-electron chi connectivity index (χ4n) is 2.42. The monoisotopic (exact) mass is 375 g/mol. The van der Waals surface area contributed by atoms with E-state index in [0.717, 1.165) is 7.11 Å². The molecule has 0 amide bonds. The van der Waals surface area contributed by atoms with Gasteiger partial charge in [0, 0.05) is 32.3 Å². The highest BCUT2D eigenvalue weighted by Crippen LogP contribution is 2.50. The van der Waals surface area contributed by atoms with Crippen molar-refractivity contribution >= 4 is 5.69 Å². The van der Waals surface area contributed by atoms with E-state index in [1.165, 1.54) is 18.2 Å². The van der Waals surface area contributed by atoms with Gasteiger partial charge in [-0.05, 0) is 31.5 Å². The summed E-state index contributed by atoms with van der Waals surface area (Å²) in [7, 11) is 0.983. The van der Waals surface area contributed by atoms with Gasteiger partial charge in [-0.15, -0.1) is 0 Å². The molecule has 0 radical (unpaired) electrons. The number of alkyl halides is 7. The van der Waals surface area contributed by atoms with E-state index in [9.17, 15) is 30.7 Å². The maximum atomic E-state index is 13.7. The number of hydrogen-bond donors (Lipinski definition) is 0. The molecule has 144 valence electrons. The van der Waals surface area contributed by atoms with Crippen molar-refractivity contribution in [1.29, 1.82) is 0 Å². The molecular formula is C16H20F7NO. The lowest BCUT2D eigenvalue weighted by molar-refractivity contribution is -0.358. The van der Waals surface area contributed by atoms with Crippen LogP contribution in [-0.4, -0.2) is 38.2 Å². The van der Waals surface area contributed by atoms with Gasteiger partial charge in [0.2, 0.25) is 0 Å². The van der Waals surface area contributed by atoms with E-state index in [1.54, 1.807) is 6.07 Å². The van der Waals surface area contributed by atoms with Crippen molar-refractivity contribution in [2.75, 3.05) is 25.1 Å². The van der Waals surface area contributed by atoms with Gasteiger partial charge in [-0.25, -0.2) is 0 Å². The van der Waals surface area contributed by atoms with Crippen LogP contribution in [0.3, 0.4) is 0 Å². The molecule has 0 aliphatic rings. The Kier molecular flexibility index (Phi) is 6.72. The topological polar surface area (TPSA) is 12.5 Å². The van der Waals surface area contributed by atoms with Crippen LogP contribution < -0.4 is 4.90 Å². The number of ether oxygens (including phenoxy) is 1. The molecule has 0 aromatic heterocycles. The molecule has 1 atom stereocenters. The standard InChI is InChI=1S/C16H20F7NO/c1-4-24(5-2)12-8-6-7-11(9-12)13(25-3)10-14(17,18)15(19,20)16(21,22)23/h6-9,13H,4-5,10H2,1-3H3. The molecule has 1 aromatic carbocycles. The van der Waals surface area contributed by atoms with E-state index < -0.39 is 30.5 Å². The first-order valence-electron chi connectivity index (χ1n) is 7.61. The molecule has 1 aromatic rings. The normalized spacial score (nSPS) is 14.5. The highest BCUT2D eigenvalue weighted by Gasteiger charge is 2.73. The Labute approximate surface area is 141 Å². The van der Waals surface area contributed by atoms with Crippen molar-refractivity contribution in [2.24, 2.45) is 0 Å². The quantitative estimate of drug-likeness (QED) is 0.561. The van der Waals surface area contributed by atoms with Gasteiger partial charge in [0.1, 0.15) is 0 Å². The van der Waals surface area contributed by atoms with Gasteiger partial charge < -0.3 is 9.64 Å². The second-order valence-electron chi connectivity index (χ2n) is 5.47. The summed E-state index contributed by atoms with van der Waals surface area (Å²) in [5.41, 5.74) is 0.736. The van der Waals surface area contributed by atoms with Gasteiger partial charge >= 0.3 is 18.0 Å². The molecule has 0 saturated heterocycles. The predicted octanol–water partition coefficient (Wildman–Crippen LogP) is 5.44. The molecule has 0 fully saturated rings. The van der Waals surface area contributed by atoms with Crippen LogP contribution in [0.25, 0.3) is 0 Å². The third kappa shape index (κ3) is 4.56. The highest BCUT2D eigenvalue weighted by atomic mass is 19.4. The number of benzene rings is 1. The molecule has 0 aliphatic carbocycles. The summed E-state index contributed by atoms with van der Waals surface area (Å²) in [6.07, 6.45) is -9.76. The number of anilines is 1. The van der Waals surface area contributed by atoms with E-state index in [-0.39, 0.29) is 5.56 Å². The first kappa shape index (κ1) is 21.5. The number of hydrogen-bond acceptors (Lipinski definition) is 2. The Balaban J connectivity index is 3.13. The summed E-state index contributed by atoms with van der Waals surface area (Å²) in [5.74, 6) is -11.5. The summed E-state index contributed by atoms with van der Waals surface area (Å²) in [6.45, 7) is 4.95. The smallest absolute Gasteiger partial charge is 0.377 e. The summed E-state index contributed by atoms with van der Waals surface area (Å²) in [5, 5.41) is 0. The van der Waals surface area contributed by atoms with Crippen molar-refractivity contribution in [3.05, 3.63) is 29.8 Å². The fraction of sp³-hybridized carbons (Fsp3) is 0.625. The van der Waals surface area contributed by atoms with Crippen LogP contribution in [0.1, 0.15) is 31.9 Å². The Bertz CT molecular complexity index is 556. The third-order valence-electron chi connectivity index (χ3n) is 3.91. The molecule has 0 spiro atoms. The van der Waals surface area contributed by atoms with Gasteiger partial charge in [-0.2, -0.15) is 30.7 Å². The van der Waals surface area contributed by atoms with Crippen LogP contribution in [0.5, 0.6) is 0 Å². The van der Waals surface area contributed by atoms with Crippen LogP contribution >= 0.6 is 0 Å². The molecule has 1 unspecified atom stereocenters. The second kappa shape index (κ2) is 7.80. The highest BCUT2D eigenvalue weighted by molar-refractivity contribution is 5.49. The minimum atomic E-state index is -6.35. The van der Waals surface area contributed by atoms with Crippen molar-refractivity contribution < 1.29 is 35.5 Å². The number of nitrogens with zero attached hydrogens (tertiary/aromatic N) is 1. The summed E-state index contributed by atoms with van der Waals surface area (Å²) in [4.78, 5) is 1.87. The zero-order valence-electron chi connectivity index (χ0n) is 14.0. The van der Waals surface area contributed by atoms with Crippen LogP contribution in [-0.2, 0) is 4.74 Å². The lowest BCUT2D eigenvalue weighted by atomic mass is 9.98. The minimum Gasteiger partial charge on any atom is -0.377 e. The van der Waals surface area contributed by atoms with Crippen LogP contribution in [0.4, 0.5) is 36.4 Å². The van der Waals surface area contributed by atoms with Crippen LogP contribution in [0.2, 0.25) is 0 Å². The first-order chi connectivity index (χ1) is 11.4. The average molecular weight is 375 g/mol. The number of halogens is 7. The largest absolute Gasteiger partial charge is 0.459 e. The van der Waals surface area contributed by atoms with Gasteiger partial charge in [0.25, 0.3) is 0 Å². The lowest BCUT2D eigenvalue weighted by Crippen LogP contribution is -2.52. The molecule has 0 saturated carbocycles. The molecule has 0 N–H and O–H groups in total. The van der Waals surface area contributed by atoms with Gasteiger partial charge in [0.15, 0.2) is 0 Å². The minimum absolute atomic E-state index is 0.101. The SMILES string of the molecule is CCN(CC)c1cccc(C(CC(F)(F)C(F)(F)C(F)(F)F)OC)c1.